The Bertz CT molecular complexity index is 567. The summed E-state index contributed by atoms with van der Waals surface area (Å²) < 4.78 is 1.40. The van der Waals surface area contributed by atoms with Crippen molar-refractivity contribution in [2.45, 2.75) is 13.0 Å². The molecule has 0 atom stereocenters. The standard InChI is InChI=1S/C14H22ClN5O/c1-19(2)7-8-20-14(21)13(15)12(10-18-20)17-9-11-3-5-16-6-4-11/h3,10,16-17H,4-9H2,1-2H3. The number of likely N-dealkylation sites (N-methyl/N-ethyl adjacent to an activating group) is 1. The smallest absolute Gasteiger partial charge is 0.287 e. The first-order valence-electron chi connectivity index (χ1n) is 7.11. The molecule has 0 bridgehead atoms. The van der Waals surface area contributed by atoms with Crippen molar-refractivity contribution in [2.75, 3.05) is 45.6 Å². The molecule has 6 nitrogen and oxygen atoms in total. The fourth-order valence-corrected chi connectivity index (χ4v) is 2.29. The molecule has 0 aliphatic carbocycles. The highest BCUT2D eigenvalue weighted by Crippen LogP contribution is 2.16. The van der Waals surface area contributed by atoms with E-state index in [0.29, 0.717) is 18.8 Å². The monoisotopic (exact) mass is 311 g/mol. The Morgan fingerprint density at radius 2 is 2.33 bits per heavy atom. The van der Waals surface area contributed by atoms with Gasteiger partial charge in [-0.15, -0.1) is 0 Å². The minimum atomic E-state index is -0.247. The van der Waals surface area contributed by atoms with Gasteiger partial charge in [-0.3, -0.25) is 4.79 Å². The number of rotatable bonds is 6. The molecule has 2 rings (SSSR count). The van der Waals surface area contributed by atoms with E-state index < -0.39 is 0 Å². The van der Waals surface area contributed by atoms with E-state index in [1.807, 2.05) is 19.0 Å². The van der Waals surface area contributed by atoms with Gasteiger partial charge < -0.3 is 15.5 Å². The van der Waals surface area contributed by atoms with Crippen LogP contribution in [0.25, 0.3) is 0 Å². The number of hydrogen-bond donors (Lipinski definition) is 2. The SMILES string of the molecule is CN(C)CCn1ncc(NCC2=CCNCC2)c(Cl)c1=O. The molecular weight excluding hydrogens is 290 g/mol. The van der Waals surface area contributed by atoms with E-state index in [-0.39, 0.29) is 10.6 Å². The van der Waals surface area contributed by atoms with Crippen LogP contribution >= 0.6 is 11.6 Å². The van der Waals surface area contributed by atoms with Gasteiger partial charge in [0.1, 0.15) is 5.02 Å². The zero-order chi connectivity index (χ0) is 15.2. The molecule has 1 aromatic rings. The van der Waals surface area contributed by atoms with E-state index in [0.717, 1.165) is 26.1 Å². The summed E-state index contributed by atoms with van der Waals surface area (Å²) >= 11 is 6.15. The molecule has 116 valence electrons. The molecule has 0 saturated carbocycles. The maximum absolute atomic E-state index is 12.1. The van der Waals surface area contributed by atoms with Crippen molar-refractivity contribution < 1.29 is 0 Å². The van der Waals surface area contributed by atoms with Gasteiger partial charge >= 0.3 is 0 Å². The molecular formula is C14H22ClN5O. The molecule has 2 heterocycles. The third-order valence-electron chi connectivity index (χ3n) is 3.41. The Morgan fingerprint density at radius 3 is 3.00 bits per heavy atom. The molecule has 0 unspecified atom stereocenters. The topological polar surface area (TPSA) is 62.2 Å². The minimum Gasteiger partial charge on any atom is -0.379 e. The van der Waals surface area contributed by atoms with Crippen molar-refractivity contribution in [3.8, 4) is 0 Å². The second-order valence-electron chi connectivity index (χ2n) is 5.37. The van der Waals surface area contributed by atoms with Crippen molar-refractivity contribution in [2.24, 2.45) is 0 Å². The van der Waals surface area contributed by atoms with Crippen LogP contribution < -0.4 is 16.2 Å². The molecule has 0 amide bonds. The molecule has 0 spiro atoms. The van der Waals surface area contributed by atoms with Crippen LogP contribution in [-0.2, 0) is 6.54 Å². The molecule has 7 heteroatoms. The van der Waals surface area contributed by atoms with Gasteiger partial charge in [-0.25, -0.2) is 4.68 Å². The number of hydrogen-bond acceptors (Lipinski definition) is 5. The van der Waals surface area contributed by atoms with E-state index in [4.69, 9.17) is 11.6 Å². The van der Waals surface area contributed by atoms with Crippen LogP contribution in [-0.4, -0.2) is 55.0 Å². The summed E-state index contributed by atoms with van der Waals surface area (Å²) in [6, 6.07) is 0. The van der Waals surface area contributed by atoms with Gasteiger partial charge in [0.05, 0.1) is 18.4 Å². The van der Waals surface area contributed by atoms with Crippen molar-refractivity contribution in [1.82, 2.24) is 20.0 Å². The van der Waals surface area contributed by atoms with Gasteiger partial charge in [-0.2, -0.15) is 5.10 Å². The quantitative estimate of drug-likeness (QED) is 0.761. The lowest BCUT2D eigenvalue weighted by Gasteiger charge is -2.16. The second kappa shape index (κ2) is 7.59. The Hall–Kier alpha value is -1.37. The van der Waals surface area contributed by atoms with Crippen LogP contribution in [0, 0.1) is 0 Å². The second-order valence-corrected chi connectivity index (χ2v) is 5.75. The van der Waals surface area contributed by atoms with Crippen LogP contribution in [0.1, 0.15) is 6.42 Å². The summed E-state index contributed by atoms with van der Waals surface area (Å²) in [5, 5.41) is 10.8. The first-order valence-corrected chi connectivity index (χ1v) is 7.48. The van der Waals surface area contributed by atoms with Gasteiger partial charge in [-0.05, 0) is 27.1 Å². The normalized spacial score (nSPS) is 15.1. The third kappa shape index (κ3) is 4.56. The molecule has 0 aromatic carbocycles. The van der Waals surface area contributed by atoms with Crippen molar-refractivity contribution >= 4 is 17.3 Å². The van der Waals surface area contributed by atoms with Crippen LogP contribution in [0.15, 0.2) is 22.6 Å². The van der Waals surface area contributed by atoms with Crippen LogP contribution in [0.2, 0.25) is 5.02 Å². The zero-order valence-corrected chi connectivity index (χ0v) is 13.3. The van der Waals surface area contributed by atoms with Gasteiger partial charge in [0.15, 0.2) is 0 Å². The molecule has 1 aliphatic rings. The zero-order valence-electron chi connectivity index (χ0n) is 12.5. The summed E-state index contributed by atoms with van der Waals surface area (Å²) in [6.07, 6.45) is 4.80. The number of nitrogens with one attached hydrogen (secondary N) is 2. The maximum Gasteiger partial charge on any atom is 0.287 e. The molecule has 21 heavy (non-hydrogen) atoms. The van der Waals surface area contributed by atoms with Gasteiger partial charge in [0.25, 0.3) is 5.56 Å². The maximum atomic E-state index is 12.1. The summed E-state index contributed by atoms with van der Waals surface area (Å²) in [5.41, 5.74) is 1.67. The van der Waals surface area contributed by atoms with E-state index >= 15 is 0 Å². The number of anilines is 1. The summed E-state index contributed by atoms with van der Waals surface area (Å²) in [5.74, 6) is 0. The molecule has 2 N–H and O–H groups in total. The summed E-state index contributed by atoms with van der Waals surface area (Å²) in [6.45, 7) is 3.86. The predicted octanol–water partition coefficient (Wildman–Crippen LogP) is 0.790. The molecule has 1 aliphatic heterocycles. The Morgan fingerprint density at radius 1 is 1.52 bits per heavy atom. The fraction of sp³-hybridized carbons (Fsp3) is 0.571. The van der Waals surface area contributed by atoms with Gasteiger partial charge in [-0.1, -0.05) is 23.3 Å². The third-order valence-corrected chi connectivity index (χ3v) is 3.77. The molecule has 0 saturated heterocycles. The fourth-order valence-electron chi connectivity index (χ4n) is 2.08. The highest BCUT2D eigenvalue weighted by molar-refractivity contribution is 6.32. The average molecular weight is 312 g/mol. The number of nitrogens with zero attached hydrogens (tertiary/aromatic N) is 3. The molecule has 0 radical (unpaired) electrons. The van der Waals surface area contributed by atoms with Crippen LogP contribution in [0.3, 0.4) is 0 Å². The lowest BCUT2D eigenvalue weighted by molar-refractivity contribution is 0.367. The average Bonchev–Trinajstić information content (AvgIpc) is 2.48. The highest BCUT2D eigenvalue weighted by atomic mass is 35.5. The number of halogens is 1. The Kier molecular flexibility index (Phi) is 5.78. The van der Waals surface area contributed by atoms with Gasteiger partial charge in [0, 0.05) is 19.6 Å². The van der Waals surface area contributed by atoms with E-state index in [9.17, 15) is 4.79 Å². The Balaban J connectivity index is 2.02. The van der Waals surface area contributed by atoms with Crippen molar-refractivity contribution in [1.29, 1.82) is 0 Å². The van der Waals surface area contributed by atoms with Crippen molar-refractivity contribution in [3.05, 3.63) is 33.2 Å². The lowest BCUT2D eigenvalue weighted by atomic mass is 10.1. The highest BCUT2D eigenvalue weighted by Gasteiger charge is 2.10. The minimum absolute atomic E-state index is 0.207. The van der Waals surface area contributed by atoms with Crippen molar-refractivity contribution in [3.63, 3.8) is 0 Å². The first kappa shape index (κ1) is 16.0. The first-order chi connectivity index (χ1) is 10.1. The van der Waals surface area contributed by atoms with Crippen LogP contribution in [0.4, 0.5) is 5.69 Å². The molecule has 0 fully saturated rings. The van der Waals surface area contributed by atoms with Crippen LogP contribution in [0.5, 0.6) is 0 Å². The Labute approximate surface area is 129 Å². The number of aromatic nitrogens is 2. The molecule has 1 aromatic heterocycles. The lowest BCUT2D eigenvalue weighted by Crippen LogP contribution is -2.29. The summed E-state index contributed by atoms with van der Waals surface area (Å²) in [4.78, 5) is 14.1. The summed E-state index contributed by atoms with van der Waals surface area (Å²) in [7, 11) is 3.91. The van der Waals surface area contributed by atoms with Gasteiger partial charge in [0.2, 0.25) is 0 Å². The van der Waals surface area contributed by atoms with E-state index in [1.165, 1.54) is 10.3 Å². The largest absolute Gasteiger partial charge is 0.379 e. The van der Waals surface area contributed by atoms with E-state index in [1.54, 1.807) is 6.20 Å². The van der Waals surface area contributed by atoms with E-state index in [2.05, 4.69) is 21.8 Å². The predicted molar refractivity (Wildman–Crippen MR) is 86.1 cm³/mol.